The fourth-order valence-corrected chi connectivity index (χ4v) is 2.35. The normalized spacial score (nSPS) is 10.6. The molecule has 0 atom stereocenters. The fraction of sp³-hybridized carbons (Fsp3) is 0.176. The molecular weight excluding hydrogens is 260 g/mol. The van der Waals surface area contributed by atoms with Crippen LogP contribution in [0.15, 0.2) is 54.9 Å². The highest BCUT2D eigenvalue weighted by Crippen LogP contribution is 2.21. The van der Waals surface area contributed by atoms with E-state index in [0.29, 0.717) is 0 Å². The van der Waals surface area contributed by atoms with Crippen LogP contribution in [0.5, 0.6) is 0 Å². The molecule has 0 aliphatic rings. The van der Waals surface area contributed by atoms with Gasteiger partial charge in [0.15, 0.2) is 0 Å². The van der Waals surface area contributed by atoms with Crippen molar-refractivity contribution in [2.45, 2.75) is 20.4 Å². The van der Waals surface area contributed by atoms with Gasteiger partial charge < -0.3 is 5.32 Å². The van der Waals surface area contributed by atoms with Crippen molar-refractivity contribution in [1.82, 2.24) is 15.0 Å². The monoisotopic (exact) mass is 278 g/mol. The lowest BCUT2D eigenvalue weighted by molar-refractivity contribution is 0.803. The molecule has 106 valence electrons. The van der Waals surface area contributed by atoms with Gasteiger partial charge in [-0.15, -0.1) is 5.10 Å². The molecule has 3 rings (SSSR count). The van der Waals surface area contributed by atoms with Crippen molar-refractivity contribution < 1.29 is 0 Å². The van der Waals surface area contributed by atoms with Gasteiger partial charge in [0.25, 0.3) is 0 Å². The van der Waals surface area contributed by atoms with E-state index in [9.17, 15) is 0 Å². The van der Waals surface area contributed by atoms with E-state index < -0.39 is 0 Å². The maximum atomic E-state index is 4.06. The SMILES string of the molecule is Cc1cccc(CNc2ccccc2-n2ccnn2)c1C. The predicted molar refractivity (Wildman–Crippen MR) is 84.6 cm³/mol. The number of benzene rings is 2. The third-order valence-electron chi connectivity index (χ3n) is 3.76. The molecule has 3 aromatic rings. The minimum absolute atomic E-state index is 0.791. The highest BCUT2D eigenvalue weighted by atomic mass is 15.4. The summed E-state index contributed by atoms with van der Waals surface area (Å²) in [7, 11) is 0. The van der Waals surface area contributed by atoms with Crippen molar-refractivity contribution in [1.29, 1.82) is 0 Å². The molecule has 0 unspecified atom stereocenters. The highest BCUT2D eigenvalue weighted by molar-refractivity contribution is 5.60. The molecule has 2 aromatic carbocycles. The fourth-order valence-electron chi connectivity index (χ4n) is 2.35. The summed E-state index contributed by atoms with van der Waals surface area (Å²) in [6.45, 7) is 5.09. The number of para-hydroxylation sites is 2. The lowest BCUT2D eigenvalue weighted by Gasteiger charge is -2.13. The molecule has 21 heavy (non-hydrogen) atoms. The topological polar surface area (TPSA) is 42.7 Å². The van der Waals surface area contributed by atoms with Crippen LogP contribution in [-0.4, -0.2) is 15.0 Å². The van der Waals surface area contributed by atoms with Gasteiger partial charge in [0.05, 0.1) is 23.8 Å². The number of aryl methyl sites for hydroxylation is 1. The van der Waals surface area contributed by atoms with Crippen LogP contribution in [-0.2, 0) is 6.54 Å². The minimum Gasteiger partial charge on any atom is -0.379 e. The van der Waals surface area contributed by atoms with Crippen molar-refractivity contribution in [2.75, 3.05) is 5.32 Å². The van der Waals surface area contributed by atoms with Crippen LogP contribution in [0.25, 0.3) is 5.69 Å². The number of rotatable bonds is 4. The van der Waals surface area contributed by atoms with Crippen LogP contribution in [0.1, 0.15) is 16.7 Å². The second-order valence-electron chi connectivity index (χ2n) is 5.08. The highest BCUT2D eigenvalue weighted by Gasteiger charge is 2.06. The molecule has 1 aromatic heterocycles. The number of aromatic nitrogens is 3. The lowest BCUT2D eigenvalue weighted by atomic mass is 10.0. The third kappa shape index (κ3) is 2.79. The van der Waals surface area contributed by atoms with E-state index in [2.05, 4.69) is 53.7 Å². The summed E-state index contributed by atoms with van der Waals surface area (Å²) in [5, 5.41) is 11.4. The summed E-state index contributed by atoms with van der Waals surface area (Å²) < 4.78 is 1.77. The Bertz CT molecular complexity index is 732. The summed E-state index contributed by atoms with van der Waals surface area (Å²) >= 11 is 0. The summed E-state index contributed by atoms with van der Waals surface area (Å²) in [6, 6.07) is 14.5. The van der Waals surface area contributed by atoms with E-state index in [1.165, 1.54) is 16.7 Å². The van der Waals surface area contributed by atoms with E-state index in [4.69, 9.17) is 0 Å². The van der Waals surface area contributed by atoms with Gasteiger partial charge in [0, 0.05) is 6.54 Å². The van der Waals surface area contributed by atoms with Gasteiger partial charge in [-0.2, -0.15) is 0 Å². The molecule has 0 aliphatic carbocycles. The first-order valence-electron chi connectivity index (χ1n) is 7.00. The predicted octanol–water partition coefficient (Wildman–Crippen LogP) is 3.50. The molecule has 0 amide bonds. The van der Waals surface area contributed by atoms with Crippen LogP contribution < -0.4 is 5.32 Å². The molecule has 4 heteroatoms. The number of hydrogen-bond donors (Lipinski definition) is 1. The number of anilines is 1. The largest absolute Gasteiger partial charge is 0.379 e. The molecule has 0 spiro atoms. The first-order chi connectivity index (χ1) is 10.3. The second kappa shape index (κ2) is 5.79. The van der Waals surface area contributed by atoms with E-state index in [1.54, 1.807) is 10.9 Å². The Kier molecular flexibility index (Phi) is 3.69. The molecule has 1 heterocycles. The van der Waals surface area contributed by atoms with E-state index >= 15 is 0 Å². The Labute approximate surface area is 124 Å². The van der Waals surface area contributed by atoms with Gasteiger partial charge in [-0.3, -0.25) is 0 Å². The lowest BCUT2D eigenvalue weighted by Crippen LogP contribution is -2.06. The average molecular weight is 278 g/mol. The first-order valence-corrected chi connectivity index (χ1v) is 7.00. The van der Waals surface area contributed by atoms with Crippen molar-refractivity contribution in [3.8, 4) is 5.69 Å². The van der Waals surface area contributed by atoms with E-state index in [-0.39, 0.29) is 0 Å². The van der Waals surface area contributed by atoms with Gasteiger partial charge in [-0.05, 0) is 42.7 Å². The zero-order valence-electron chi connectivity index (χ0n) is 12.2. The van der Waals surface area contributed by atoms with Crippen molar-refractivity contribution in [3.63, 3.8) is 0 Å². The summed E-state index contributed by atoms with van der Waals surface area (Å²) in [6.07, 6.45) is 3.53. The molecule has 1 N–H and O–H groups in total. The summed E-state index contributed by atoms with van der Waals surface area (Å²) in [5.41, 5.74) is 6.01. The zero-order valence-corrected chi connectivity index (χ0v) is 12.2. The van der Waals surface area contributed by atoms with Crippen molar-refractivity contribution in [3.05, 3.63) is 71.5 Å². The van der Waals surface area contributed by atoms with Crippen molar-refractivity contribution in [2.24, 2.45) is 0 Å². The van der Waals surface area contributed by atoms with Crippen LogP contribution in [0.3, 0.4) is 0 Å². The molecule has 0 saturated carbocycles. The number of nitrogens with one attached hydrogen (secondary N) is 1. The number of hydrogen-bond acceptors (Lipinski definition) is 3. The maximum Gasteiger partial charge on any atom is 0.0894 e. The Morgan fingerprint density at radius 2 is 1.90 bits per heavy atom. The molecular formula is C17H18N4. The van der Waals surface area contributed by atoms with Crippen molar-refractivity contribution >= 4 is 5.69 Å². The molecule has 0 saturated heterocycles. The van der Waals surface area contributed by atoms with Gasteiger partial charge in [0.2, 0.25) is 0 Å². The maximum absolute atomic E-state index is 4.06. The first kappa shape index (κ1) is 13.4. The molecule has 0 fully saturated rings. The van der Waals surface area contributed by atoms with Gasteiger partial charge in [-0.25, -0.2) is 4.68 Å². The Balaban J connectivity index is 1.85. The van der Waals surface area contributed by atoms with Crippen LogP contribution in [0.4, 0.5) is 5.69 Å². The van der Waals surface area contributed by atoms with Crippen LogP contribution >= 0.6 is 0 Å². The van der Waals surface area contributed by atoms with E-state index in [1.807, 2.05) is 24.4 Å². The third-order valence-corrected chi connectivity index (χ3v) is 3.76. The van der Waals surface area contributed by atoms with Crippen LogP contribution in [0.2, 0.25) is 0 Å². The molecule has 0 aliphatic heterocycles. The molecule has 4 nitrogen and oxygen atoms in total. The Morgan fingerprint density at radius 3 is 2.71 bits per heavy atom. The van der Waals surface area contributed by atoms with Gasteiger partial charge in [0.1, 0.15) is 0 Å². The standard InChI is InChI=1S/C17H18N4/c1-13-6-5-7-15(14(13)2)12-18-16-8-3-4-9-17(16)21-11-10-19-20-21/h3-11,18H,12H2,1-2H3. The quantitative estimate of drug-likeness (QED) is 0.794. The second-order valence-corrected chi connectivity index (χ2v) is 5.08. The minimum atomic E-state index is 0.791. The summed E-state index contributed by atoms with van der Waals surface area (Å²) in [4.78, 5) is 0. The molecule has 0 radical (unpaired) electrons. The van der Waals surface area contributed by atoms with E-state index in [0.717, 1.165) is 17.9 Å². The summed E-state index contributed by atoms with van der Waals surface area (Å²) in [5.74, 6) is 0. The number of nitrogens with zero attached hydrogens (tertiary/aromatic N) is 3. The smallest absolute Gasteiger partial charge is 0.0894 e. The van der Waals surface area contributed by atoms with Gasteiger partial charge in [-0.1, -0.05) is 35.5 Å². The zero-order chi connectivity index (χ0) is 14.7. The molecule has 0 bridgehead atoms. The Hall–Kier alpha value is -2.62. The Morgan fingerprint density at radius 1 is 1.05 bits per heavy atom. The van der Waals surface area contributed by atoms with Gasteiger partial charge >= 0.3 is 0 Å². The van der Waals surface area contributed by atoms with Crippen LogP contribution in [0, 0.1) is 13.8 Å². The average Bonchev–Trinajstić information content (AvgIpc) is 3.03.